The van der Waals surface area contributed by atoms with Crippen LogP contribution in [0, 0.1) is 0 Å². The lowest BCUT2D eigenvalue weighted by Gasteiger charge is -2.38. The van der Waals surface area contributed by atoms with Gasteiger partial charge in [-0.25, -0.2) is 0 Å². The van der Waals surface area contributed by atoms with E-state index in [0.717, 1.165) is 11.2 Å². The number of nitrogens with one attached hydrogen (secondary N) is 2. The van der Waals surface area contributed by atoms with Crippen LogP contribution in [0.1, 0.15) is 29.5 Å². The van der Waals surface area contributed by atoms with Crippen molar-refractivity contribution >= 4 is 40.0 Å². The predicted molar refractivity (Wildman–Crippen MR) is 138 cm³/mol. The number of carbonyl (C=O) groups is 2. The van der Waals surface area contributed by atoms with Crippen LogP contribution in [0.3, 0.4) is 0 Å². The van der Waals surface area contributed by atoms with Gasteiger partial charge in [0.05, 0.1) is 40.4 Å². The molecule has 0 unspecified atom stereocenters. The largest absolute Gasteiger partial charge is 0.376 e. The van der Waals surface area contributed by atoms with Crippen LogP contribution in [-0.2, 0) is 16.0 Å². The molecule has 0 aliphatic carbocycles. The number of hydrogen-bond acceptors (Lipinski definition) is 6. The Labute approximate surface area is 213 Å². The normalized spacial score (nSPS) is 17.1. The van der Waals surface area contributed by atoms with Gasteiger partial charge in [0.15, 0.2) is 0 Å². The molecule has 0 saturated carbocycles. The summed E-state index contributed by atoms with van der Waals surface area (Å²) in [7, 11) is 0. The molecule has 2 N–H and O–H groups in total. The van der Waals surface area contributed by atoms with Crippen molar-refractivity contribution in [2.75, 3.05) is 44.3 Å². The maximum Gasteiger partial charge on any atom is 0.280 e. The van der Waals surface area contributed by atoms with Gasteiger partial charge in [0.25, 0.3) is 11.5 Å². The summed E-state index contributed by atoms with van der Waals surface area (Å²) in [6, 6.07) is 12.5. The lowest BCUT2D eigenvalue weighted by molar-refractivity contribution is -0.131. The number of hydrogen-bond donors (Lipinski definition) is 2. The number of benzene rings is 2. The number of nitrogens with zero attached hydrogens (tertiary/aromatic N) is 3. The van der Waals surface area contributed by atoms with E-state index in [9.17, 15) is 14.4 Å². The van der Waals surface area contributed by atoms with Gasteiger partial charge in [-0.1, -0.05) is 23.7 Å². The maximum atomic E-state index is 12.8. The van der Waals surface area contributed by atoms with Gasteiger partial charge in [-0.15, -0.1) is 0 Å². The van der Waals surface area contributed by atoms with E-state index in [0.29, 0.717) is 67.6 Å². The van der Waals surface area contributed by atoms with Crippen LogP contribution in [0.4, 0.5) is 5.69 Å². The first-order chi connectivity index (χ1) is 17.3. The van der Waals surface area contributed by atoms with Gasteiger partial charge >= 0.3 is 0 Å². The molecule has 3 aromatic rings. The molecule has 9 nitrogen and oxygen atoms in total. The number of para-hydroxylation sites is 1. The smallest absolute Gasteiger partial charge is 0.280 e. The van der Waals surface area contributed by atoms with Gasteiger partial charge in [0.2, 0.25) is 5.91 Å². The zero-order valence-electron chi connectivity index (χ0n) is 20.1. The number of rotatable bonds is 6. The van der Waals surface area contributed by atoms with Crippen LogP contribution in [0.25, 0.3) is 10.9 Å². The van der Waals surface area contributed by atoms with Crippen LogP contribution < -0.4 is 15.8 Å². The minimum atomic E-state index is -0.329. The fraction of sp³-hybridized carbons (Fsp3) is 0.385. The van der Waals surface area contributed by atoms with Crippen LogP contribution >= 0.6 is 11.6 Å². The molecule has 0 spiro atoms. The van der Waals surface area contributed by atoms with Crippen molar-refractivity contribution in [1.29, 1.82) is 0 Å². The molecule has 2 saturated heterocycles. The van der Waals surface area contributed by atoms with E-state index in [1.165, 1.54) is 0 Å². The van der Waals surface area contributed by atoms with Crippen molar-refractivity contribution in [3.05, 3.63) is 69.2 Å². The van der Waals surface area contributed by atoms with Gasteiger partial charge in [0, 0.05) is 44.6 Å². The van der Waals surface area contributed by atoms with Crippen molar-refractivity contribution < 1.29 is 14.3 Å². The number of aromatic amines is 1. The Morgan fingerprint density at radius 3 is 2.58 bits per heavy atom. The third-order valence-corrected chi connectivity index (χ3v) is 6.99. The Balaban J connectivity index is 1.15. The second-order valence-electron chi connectivity index (χ2n) is 9.58. The number of aromatic nitrogens is 2. The minimum absolute atomic E-state index is 0.0250. The highest BCUT2D eigenvalue weighted by Crippen LogP contribution is 2.28. The quantitative estimate of drug-likeness (QED) is 0.528. The Morgan fingerprint density at radius 2 is 1.89 bits per heavy atom. The fourth-order valence-electron chi connectivity index (χ4n) is 4.57. The summed E-state index contributed by atoms with van der Waals surface area (Å²) in [6.45, 7) is 5.36. The van der Waals surface area contributed by atoms with E-state index in [1.54, 1.807) is 24.3 Å². The van der Waals surface area contributed by atoms with Crippen molar-refractivity contribution in [1.82, 2.24) is 20.2 Å². The molecule has 0 atom stereocenters. The van der Waals surface area contributed by atoms with Crippen LogP contribution in [0.2, 0.25) is 5.02 Å². The molecule has 2 fully saturated rings. The van der Waals surface area contributed by atoms with Gasteiger partial charge in [-0.2, -0.15) is 4.98 Å². The van der Waals surface area contributed by atoms with Gasteiger partial charge in [-0.05, 0) is 37.3 Å². The van der Waals surface area contributed by atoms with Crippen LogP contribution in [0.15, 0.2) is 47.3 Å². The van der Waals surface area contributed by atoms with E-state index in [4.69, 9.17) is 16.3 Å². The van der Waals surface area contributed by atoms with Gasteiger partial charge < -0.3 is 24.8 Å². The number of H-pyrrole nitrogens is 1. The average Bonchev–Trinajstić information content (AvgIpc) is 2.86. The molecular formula is C26H28ClN5O4. The van der Waals surface area contributed by atoms with E-state index in [2.05, 4.69) is 20.2 Å². The number of fused-ring (bicyclic) bond motifs is 1. The Hall–Kier alpha value is -3.43. The SMILES string of the molecule is CC1(NC(=O)c2ccc(N3CCN(C(=O)CCc4nc(=O)c5ccccc5[nH]4)CC3)c(Cl)c2)COC1. The summed E-state index contributed by atoms with van der Waals surface area (Å²) in [5.74, 6) is 0.365. The molecule has 2 amide bonds. The molecule has 2 aliphatic rings. The molecule has 1 aromatic heterocycles. The molecule has 2 aromatic carbocycles. The highest BCUT2D eigenvalue weighted by molar-refractivity contribution is 6.33. The first-order valence-electron chi connectivity index (χ1n) is 12.0. The number of ether oxygens (including phenoxy) is 1. The first-order valence-corrected chi connectivity index (χ1v) is 12.4. The summed E-state index contributed by atoms with van der Waals surface area (Å²) >= 11 is 6.53. The highest BCUT2D eigenvalue weighted by atomic mass is 35.5. The molecule has 188 valence electrons. The second kappa shape index (κ2) is 9.91. The number of anilines is 1. The molecule has 3 heterocycles. The molecule has 36 heavy (non-hydrogen) atoms. The van der Waals surface area contributed by atoms with Gasteiger partial charge in [0.1, 0.15) is 5.82 Å². The first kappa shape index (κ1) is 24.3. The standard InChI is InChI=1S/C26H28ClN5O4/c1-26(15-36-16-26)30-24(34)17-6-7-21(19(27)14-17)31-10-12-32(13-11-31)23(33)9-8-22-28-20-5-3-2-4-18(20)25(35)29-22/h2-7,14H,8-13,15-16H2,1H3,(H,30,34)(H,28,29,35). The van der Waals surface area contributed by atoms with E-state index >= 15 is 0 Å². The summed E-state index contributed by atoms with van der Waals surface area (Å²) < 4.78 is 5.19. The lowest BCUT2D eigenvalue weighted by Crippen LogP contribution is -2.59. The molecule has 2 aliphatic heterocycles. The second-order valence-corrected chi connectivity index (χ2v) is 9.98. The van der Waals surface area contributed by atoms with Crippen molar-refractivity contribution in [3.8, 4) is 0 Å². The molecule has 0 radical (unpaired) electrons. The van der Waals surface area contributed by atoms with Crippen LogP contribution in [0.5, 0.6) is 0 Å². The summed E-state index contributed by atoms with van der Waals surface area (Å²) in [5, 5.41) is 4.03. The third-order valence-electron chi connectivity index (χ3n) is 6.69. The number of carbonyl (C=O) groups excluding carboxylic acids is 2. The Kier molecular flexibility index (Phi) is 6.68. The highest BCUT2D eigenvalue weighted by Gasteiger charge is 2.35. The molecule has 10 heteroatoms. The summed E-state index contributed by atoms with van der Waals surface area (Å²) in [5.41, 5.74) is 1.46. The monoisotopic (exact) mass is 509 g/mol. The molecule has 0 bridgehead atoms. The van der Waals surface area contributed by atoms with E-state index in [-0.39, 0.29) is 29.3 Å². The predicted octanol–water partition coefficient (Wildman–Crippen LogP) is 2.38. The Bertz CT molecular complexity index is 1360. The van der Waals surface area contributed by atoms with Crippen molar-refractivity contribution in [3.63, 3.8) is 0 Å². The molecular weight excluding hydrogens is 482 g/mol. The van der Waals surface area contributed by atoms with Crippen molar-refractivity contribution in [2.45, 2.75) is 25.3 Å². The zero-order valence-corrected chi connectivity index (χ0v) is 20.8. The topological polar surface area (TPSA) is 108 Å². The minimum Gasteiger partial charge on any atom is -0.376 e. The number of amides is 2. The lowest BCUT2D eigenvalue weighted by atomic mass is 10.00. The third kappa shape index (κ3) is 5.08. The molecule has 5 rings (SSSR count). The summed E-state index contributed by atoms with van der Waals surface area (Å²) in [6.07, 6.45) is 0.648. The van der Waals surface area contributed by atoms with Crippen molar-refractivity contribution in [2.24, 2.45) is 0 Å². The van der Waals surface area contributed by atoms with Gasteiger partial charge in [-0.3, -0.25) is 14.4 Å². The Morgan fingerprint density at radius 1 is 1.14 bits per heavy atom. The summed E-state index contributed by atoms with van der Waals surface area (Å²) in [4.78, 5) is 48.8. The zero-order chi connectivity index (χ0) is 25.3. The van der Waals surface area contributed by atoms with E-state index in [1.807, 2.05) is 30.0 Å². The average molecular weight is 510 g/mol. The maximum absolute atomic E-state index is 12.8. The van der Waals surface area contributed by atoms with E-state index < -0.39 is 0 Å². The van der Waals surface area contributed by atoms with Crippen LogP contribution in [-0.4, -0.2) is 71.6 Å². The number of piperazine rings is 1. The fourth-order valence-corrected chi connectivity index (χ4v) is 4.87. The number of aryl methyl sites for hydroxylation is 1. The number of halogens is 1.